The Hall–Kier alpha value is 0.408. The molecule has 23 heavy (non-hydrogen) atoms. The van der Waals surface area contributed by atoms with Gasteiger partial charge >= 0.3 is 34.2 Å². The summed E-state index contributed by atoms with van der Waals surface area (Å²) in [5.74, 6) is 0. The van der Waals surface area contributed by atoms with Crippen LogP contribution in [0.15, 0.2) is 12.2 Å². The molecule has 0 bridgehead atoms. The minimum Gasteiger partial charge on any atom is -0.416 e. The monoisotopic (exact) mass is 394 g/mol. The standard InChI is InChI=1S/C14H34O5Si4/c1-11-14(15-12-13(2)3)23(10)18-21(6,7)16-20(4,5)17-22(8,9)19-23/h14H,2,11-12H2,1,3-10H3. The maximum absolute atomic E-state index is 6.59. The van der Waals surface area contributed by atoms with E-state index in [1.165, 1.54) is 0 Å². The van der Waals surface area contributed by atoms with Gasteiger partial charge in [0, 0.05) is 0 Å². The second-order valence-corrected chi connectivity index (χ2v) is 22.1. The van der Waals surface area contributed by atoms with Crippen molar-refractivity contribution in [3.8, 4) is 0 Å². The molecule has 0 spiro atoms. The topological polar surface area (TPSA) is 46.2 Å². The van der Waals surface area contributed by atoms with Crippen molar-refractivity contribution >= 4 is 34.2 Å². The van der Waals surface area contributed by atoms with Crippen LogP contribution in [0.4, 0.5) is 0 Å². The van der Waals surface area contributed by atoms with Gasteiger partial charge in [-0.15, -0.1) is 0 Å². The van der Waals surface area contributed by atoms with Crippen LogP contribution in [0.3, 0.4) is 0 Å². The molecule has 0 aliphatic carbocycles. The van der Waals surface area contributed by atoms with Gasteiger partial charge in [0.05, 0.1) is 12.3 Å². The van der Waals surface area contributed by atoms with E-state index in [4.69, 9.17) is 21.2 Å². The molecule has 0 N–H and O–H groups in total. The molecule has 1 saturated heterocycles. The number of ether oxygens (including phenoxy) is 1. The lowest BCUT2D eigenvalue weighted by Gasteiger charge is -2.49. The van der Waals surface area contributed by atoms with Gasteiger partial charge in [0.2, 0.25) is 0 Å². The van der Waals surface area contributed by atoms with Gasteiger partial charge in [-0.2, -0.15) is 0 Å². The normalized spacial score (nSPS) is 26.8. The molecular weight excluding hydrogens is 360 g/mol. The van der Waals surface area contributed by atoms with E-state index in [0.717, 1.165) is 12.0 Å². The zero-order valence-electron chi connectivity index (χ0n) is 16.2. The molecule has 0 radical (unpaired) electrons. The zero-order chi connectivity index (χ0) is 18.1. The van der Waals surface area contributed by atoms with Crippen molar-refractivity contribution in [1.82, 2.24) is 0 Å². The number of rotatable bonds is 5. The minimum atomic E-state index is -2.62. The first-order chi connectivity index (χ1) is 10.2. The van der Waals surface area contributed by atoms with Crippen molar-refractivity contribution in [3.05, 3.63) is 12.2 Å². The SMILES string of the molecule is C=C(C)COC(CC)[Si]1(C)O[Si](C)(C)O[Si](C)(C)O[Si](C)(C)O1. The summed E-state index contributed by atoms with van der Waals surface area (Å²) in [4.78, 5) is 0. The lowest BCUT2D eigenvalue weighted by atomic mass is 10.4. The lowest BCUT2D eigenvalue weighted by molar-refractivity contribution is 0.0810. The molecule has 1 unspecified atom stereocenters. The van der Waals surface area contributed by atoms with Crippen LogP contribution in [0.5, 0.6) is 0 Å². The van der Waals surface area contributed by atoms with Gasteiger partial charge < -0.3 is 21.2 Å². The van der Waals surface area contributed by atoms with Crippen LogP contribution >= 0.6 is 0 Å². The minimum absolute atomic E-state index is 0.0622. The maximum atomic E-state index is 6.59. The quantitative estimate of drug-likeness (QED) is 0.517. The molecule has 1 fully saturated rings. The summed E-state index contributed by atoms with van der Waals surface area (Å²) in [6.07, 6.45) is 0.839. The highest BCUT2D eigenvalue weighted by atomic mass is 28.5. The van der Waals surface area contributed by atoms with Crippen LogP contribution in [0, 0.1) is 0 Å². The van der Waals surface area contributed by atoms with Gasteiger partial charge in [0.1, 0.15) is 0 Å². The Morgan fingerprint density at radius 2 is 1.26 bits per heavy atom. The van der Waals surface area contributed by atoms with Crippen LogP contribution in [-0.2, 0) is 21.2 Å². The van der Waals surface area contributed by atoms with Gasteiger partial charge in [-0.05, 0) is 59.2 Å². The molecular formula is C14H34O5Si4. The Balaban J connectivity index is 3.11. The van der Waals surface area contributed by atoms with Gasteiger partial charge in [0.15, 0.2) is 0 Å². The van der Waals surface area contributed by atoms with Crippen LogP contribution < -0.4 is 0 Å². The largest absolute Gasteiger partial charge is 0.416 e. The molecule has 136 valence electrons. The second-order valence-electron chi connectivity index (χ2n) is 7.79. The molecule has 0 amide bonds. The van der Waals surface area contributed by atoms with Crippen molar-refractivity contribution in [2.45, 2.75) is 71.8 Å². The predicted octanol–water partition coefficient (Wildman–Crippen LogP) is 4.15. The van der Waals surface area contributed by atoms with Crippen LogP contribution in [-0.4, -0.2) is 46.6 Å². The first kappa shape index (κ1) is 21.5. The molecule has 1 rings (SSSR count). The van der Waals surface area contributed by atoms with E-state index in [9.17, 15) is 0 Å². The fraction of sp³-hybridized carbons (Fsp3) is 0.857. The second kappa shape index (κ2) is 7.34. The Morgan fingerprint density at radius 1 is 0.870 bits per heavy atom. The molecule has 0 aromatic carbocycles. The maximum Gasteiger partial charge on any atom is 0.347 e. The Labute approximate surface area is 146 Å². The van der Waals surface area contributed by atoms with E-state index in [0.29, 0.717) is 6.61 Å². The van der Waals surface area contributed by atoms with E-state index in [-0.39, 0.29) is 5.73 Å². The van der Waals surface area contributed by atoms with Crippen LogP contribution in [0.25, 0.3) is 0 Å². The Kier molecular flexibility index (Phi) is 6.84. The van der Waals surface area contributed by atoms with E-state index in [1.807, 2.05) is 6.92 Å². The number of hydrogen-bond acceptors (Lipinski definition) is 5. The van der Waals surface area contributed by atoms with Crippen molar-refractivity contribution in [1.29, 1.82) is 0 Å². The van der Waals surface area contributed by atoms with Crippen molar-refractivity contribution in [2.75, 3.05) is 6.61 Å². The Morgan fingerprint density at radius 3 is 1.61 bits per heavy atom. The highest BCUT2D eigenvalue weighted by molar-refractivity contribution is 6.93. The molecule has 1 aliphatic rings. The van der Waals surface area contributed by atoms with E-state index in [1.54, 1.807) is 0 Å². The molecule has 9 heteroatoms. The molecule has 0 aromatic heterocycles. The summed E-state index contributed by atoms with van der Waals surface area (Å²) in [6, 6.07) is 0. The summed E-state index contributed by atoms with van der Waals surface area (Å²) < 4.78 is 32.0. The fourth-order valence-electron chi connectivity index (χ4n) is 3.26. The van der Waals surface area contributed by atoms with Crippen molar-refractivity contribution < 1.29 is 21.2 Å². The lowest BCUT2D eigenvalue weighted by Crippen LogP contribution is -2.68. The van der Waals surface area contributed by atoms with Gasteiger partial charge in [-0.25, -0.2) is 0 Å². The zero-order valence-corrected chi connectivity index (χ0v) is 20.2. The third-order valence-corrected chi connectivity index (χ3v) is 20.2. The summed E-state index contributed by atoms with van der Waals surface area (Å²) in [5, 5.41) is 0. The summed E-state index contributed by atoms with van der Waals surface area (Å²) in [5.41, 5.74) is 0.939. The average molecular weight is 395 g/mol. The molecule has 0 saturated carbocycles. The first-order valence-corrected chi connectivity index (χ1v) is 19.1. The van der Waals surface area contributed by atoms with Crippen molar-refractivity contribution in [2.24, 2.45) is 0 Å². The Bertz CT molecular complexity index is 417. The van der Waals surface area contributed by atoms with Gasteiger partial charge in [-0.1, -0.05) is 19.1 Å². The first-order valence-electron chi connectivity index (χ1n) is 8.27. The van der Waals surface area contributed by atoms with Crippen LogP contribution in [0.2, 0.25) is 45.8 Å². The summed E-state index contributed by atoms with van der Waals surface area (Å²) >= 11 is 0. The molecule has 1 heterocycles. The average Bonchev–Trinajstić information content (AvgIpc) is 2.21. The van der Waals surface area contributed by atoms with E-state index in [2.05, 4.69) is 59.3 Å². The smallest absolute Gasteiger partial charge is 0.347 e. The predicted molar refractivity (Wildman–Crippen MR) is 103 cm³/mol. The van der Waals surface area contributed by atoms with Crippen molar-refractivity contribution in [3.63, 3.8) is 0 Å². The summed E-state index contributed by atoms with van der Waals surface area (Å²) in [7, 11) is -9.56. The fourth-order valence-corrected chi connectivity index (χ4v) is 24.9. The highest BCUT2D eigenvalue weighted by Crippen LogP contribution is 2.33. The van der Waals surface area contributed by atoms with Crippen LogP contribution in [0.1, 0.15) is 20.3 Å². The summed E-state index contributed by atoms with van der Waals surface area (Å²) in [6.45, 7) is 23.1. The van der Waals surface area contributed by atoms with Gasteiger partial charge in [0.25, 0.3) is 0 Å². The third kappa shape index (κ3) is 6.67. The third-order valence-electron chi connectivity index (χ3n) is 3.37. The molecule has 0 aromatic rings. The number of hydrogen-bond donors (Lipinski definition) is 0. The molecule has 5 nitrogen and oxygen atoms in total. The van der Waals surface area contributed by atoms with E-state index < -0.39 is 34.2 Å². The van der Waals surface area contributed by atoms with E-state index >= 15 is 0 Å². The highest BCUT2D eigenvalue weighted by Gasteiger charge is 2.55. The van der Waals surface area contributed by atoms with Gasteiger partial charge in [-0.3, -0.25) is 0 Å². The molecule has 1 atom stereocenters. The molecule has 1 aliphatic heterocycles.